The number of nitrogens with one attached hydrogen (secondary N) is 2. The summed E-state index contributed by atoms with van der Waals surface area (Å²) in [5, 5.41) is 6.68. The number of rotatable bonds is 5. The zero-order valence-corrected chi connectivity index (χ0v) is 13.2. The van der Waals surface area contributed by atoms with Gasteiger partial charge in [0.25, 0.3) is 0 Å². The molecule has 3 rings (SSSR count). The van der Waals surface area contributed by atoms with Gasteiger partial charge in [-0.2, -0.15) is 0 Å². The molecule has 0 saturated heterocycles. The largest absolute Gasteiger partial charge is 0.366 e. The molecule has 1 aromatic carbocycles. The van der Waals surface area contributed by atoms with Crippen LogP contribution in [0.4, 0.5) is 17.3 Å². The van der Waals surface area contributed by atoms with E-state index < -0.39 is 0 Å². The molecular formula is C18H19N5. The van der Waals surface area contributed by atoms with Gasteiger partial charge in [0.1, 0.15) is 18.0 Å². The molecule has 2 N–H and O–H groups in total. The molecule has 0 atom stereocenters. The minimum Gasteiger partial charge on any atom is -0.366 e. The fourth-order valence-electron chi connectivity index (χ4n) is 2.36. The highest BCUT2D eigenvalue weighted by Crippen LogP contribution is 2.23. The van der Waals surface area contributed by atoms with E-state index in [1.165, 1.54) is 11.1 Å². The van der Waals surface area contributed by atoms with Gasteiger partial charge in [0.05, 0.1) is 0 Å². The highest BCUT2D eigenvalue weighted by atomic mass is 15.1. The number of anilines is 3. The van der Waals surface area contributed by atoms with Crippen molar-refractivity contribution < 1.29 is 0 Å². The van der Waals surface area contributed by atoms with E-state index in [0.29, 0.717) is 6.54 Å². The maximum atomic E-state index is 4.30. The maximum Gasteiger partial charge on any atom is 0.135 e. The summed E-state index contributed by atoms with van der Waals surface area (Å²) in [5.41, 5.74) is 4.62. The molecular weight excluding hydrogens is 286 g/mol. The lowest BCUT2D eigenvalue weighted by atomic mass is 10.1. The van der Waals surface area contributed by atoms with Crippen LogP contribution in [0.1, 0.15) is 16.7 Å². The van der Waals surface area contributed by atoms with Crippen molar-refractivity contribution >= 4 is 17.3 Å². The van der Waals surface area contributed by atoms with Crippen LogP contribution >= 0.6 is 0 Å². The van der Waals surface area contributed by atoms with Crippen molar-refractivity contribution in [2.24, 2.45) is 0 Å². The Kier molecular flexibility index (Phi) is 4.47. The fourth-order valence-corrected chi connectivity index (χ4v) is 2.36. The molecule has 0 aliphatic carbocycles. The molecule has 116 valence electrons. The van der Waals surface area contributed by atoms with Crippen molar-refractivity contribution in [3.63, 3.8) is 0 Å². The summed E-state index contributed by atoms with van der Waals surface area (Å²) in [6.45, 7) is 4.86. The molecule has 5 heteroatoms. The third-order valence-corrected chi connectivity index (χ3v) is 3.62. The third-order valence-electron chi connectivity index (χ3n) is 3.62. The van der Waals surface area contributed by atoms with Crippen molar-refractivity contribution in [3.05, 3.63) is 71.8 Å². The summed E-state index contributed by atoms with van der Waals surface area (Å²) in [4.78, 5) is 12.6. The van der Waals surface area contributed by atoms with Crippen molar-refractivity contribution in [2.45, 2.75) is 20.4 Å². The normalized spacial score (nSPS) is 10.3. The predicted octanol–water partition coefficient (Wildman–Crippen LogP) is 3.84. The molecule has 2 heterocycles. The van der Waals surface area contributed by atoms with E-state index in [9.17, 15) is 0 Å². The zero-order chi connectivity index (χ0) is 16.1. The minimum atomic E-state index is 0.697. The predicted molar refractivity (Wildman–Crippen MR) is 92.8 cm³/mol. The summed E-state index contributed by atoms with van der Waals surface area (Å²) in [6, 6.07) is 12.1. The Balaban J connectivity index is 1.72. The van der Waals surface area contributed by atoms with E-state index in [-0.39, 0.29) is 0 Å². The summed E-state index contributed by atoms with van der Waals surface area (Å²) < 4.78 is 0. The Hall–Kier alpha value is -2.95. The molecule has 0 fully saturated rings. The van der Waals surface area contributed by atoms with Gasteiger partial charge in [-0.05, 0) is 42.7 Å². The van der Waals surface area contributed by atoms with Gasteiger partial charge >= 0.3 is 0 Å². The van der Waals surface area contributed by atoms with Crippen molar-refractivity contribution in [3.8, 4) is 0 Å². The summed E-state index contributed by atoms with van der Waals surface area (Å²) in [5.74, 6) is 1.56. The summed E-state index contributed by atoms with van der Waals surface area (Å²) >= 11 is 0. The van der Waals surface area contributed by atoms with Gasteiger partial charge in [-0.3, -0.25) is 4.98 Å². The Labute approximate surface area is 135 Å². The molecule has 0 saturated carbocycles. The topological polar surface area (TPSA) is 62.7 Å². The fraction of sp³-hybridized carbons (Fsp3) is 0.167. The molecule has 0 unspecified atom stereocenters. The highest BCUT2D eigenvalue weighted by molar-refractivity contribution is 5.65. The van der Waals surface area contributed by atoms with Gasteiger partial charge in [0.2, 0.25) is 0 Å². The van der Waals surface area contributed by atoms with Crippen LogP contribution in [-0.4, -0.2) is 15.0 Å². The minimum absolute atomic E-state index is 0.697. The second-order valence-corrected chi connectivity index (χ2v) is 5.39. The lowest BCUT2D eigenvalue weighted by Gasteiger charge is -2.12. The third kappa shape index (κ3) is 3.83. The van der Waals surface area contributed by atoms with Gasteiger partial charge in [0.15, 0.2) is 0 Å². The maximum absolute atomic E-state index is 4.30. The first kappa shape index (κ1) is 15.0. The first-order chi connectivity index (χ1) is 11.2. The Morgan fingerprint density at radius 3 is 2.35 bits per heavy atom. The van der Waals surface area contributed by atoms with Crippen LogP contribution in [0.25, 0.3) is 0 Å². The van der Waals surface area contributed by atoms with Crippen LogP contribution in [0.2, 0.25) is 0 Å². The second kappa shape index (κ2) is 6.87. The second-order valence-electron chi connectivity index (χ2n) is 5.39. The zero-order valence-electron chi connectivity index (χ0n) is 13.2. The molecule has 23 heavy (non-hydrogen) atoms. The number of aryl methyl sites for hydroxylation is 2. The molecule has 0 aliphatic rings. The van der Waals surface area contributed by atoms with Crippen LogP contribution in [0, 0.1) is 13.8 Å². The number of para-hydroxylation sites is 1. The summed E-state index contributed by atoms with van der Waals surface area (Å²) in [6.07, 6.45) is 5.13. The summed E-state index contributed by atoms with van der Waals surface area (Å²) in [7, 11) is 0. The first-order valence-corrected chi connectivity index (χ1v) is 7.50. The van der Waals surface area contributed by atoms with Gasteiger partial charge in [-0.25, -0.2) is 9.97 Å². The number of hydrogen-bond donors (Lipinski definition) is 2. The highest BCUT2D eigenvalue weighted by Gasteiger charge is 2.04. The molecule has 0 radical (unpaired) electrons. The number of nitrogens with zero attached hydrogens (tertiary/aromatic N) is 3. The van der Waals surface area contributed by atoms with Gasteiger partial charge in [-0.1, -0.05) is 18.2 Å². The van der Waals surface area contributed by atoms with Crippen LogP contribution in [-0.2, 0) is 6.54 Å². The first-order valence-electron chi connectivity index (χ1n) is 7.50. The van der Waals surface area contributed by atoms with Crippen LogP contribution in [0.5, 0.6) is 0 Å². The van der Waals surface area contributed by atoms with Gasteiger partial charge in [0, 0.05) is 30.7 Å². The lowest BCUT2D eigenvalue weighted by molar-refractivity contribution is 1.07. The Morgan fingerprint density at radius 1 is 0.913 bits per heavy atom. The van der Waals surface area contributed by atoms with Crippen LogP contribution < -0.4 is 10.6 Å². The van der Waals surface area contributed by atoms with E-state index in [0.717, 1.165) is 22.9 Å². The number of aromatic nitrogens is 3. The van der Waals surface area contributed by atoms with E-state index in [1.54, 1.807) is 18.7 Å². The van der Waals surface area contributed by atoms with E-state index in [2.05, 4.69) is 57.6 Å². The standard InChI is InChI=1S/C18H19N5/c1-13-4-3-5-14(2)18(13)23-17-10-16(21-12-22-17)20-11-15-6-8-19-9-7-15/h3-10,12H,11H2,1-2H3,(H2,20,21,22,23). The van der Waals surface area contributed by atoms with E-state index >= 15 is 0 Å². The van der Waals surface area contributed by atoms with E-state index in [4.69, 9.17) is 0 Å². The molecule has 0 amide bonds. The molecule has 0 bridgehead atoms. The molecule has 3 aromatic rings. The lowest BCUT2D eigenvalue weighted by Crippen LogP contribution is -2.04. The number of benzene rings is 1. The quantitative estimate of drug-likeness (QED) is 0.750. The van der Waals surface area contributed by atoms with Crippen molar-refractivity contribution in [1.82, 2.24) is 15.0 Å². The Morgan fingerprint density at radius 2 is 1.61 bits per heavy atom. The SMILES string of the molecule is Cc1cccc(C)c1Nc1cc(NCc2ccncc2)ncn1. The molecule has 5 nitrogen and oxygen atoms in total. The average Bonchev–Trinajstić information content (AvgIpc) is 2.58. The smallest absolute Gasteiger partial charge is 0.135 e. The number of hydrogen-bond acceptors (Lipinski definition) is 5. The van der Waals surface area contributed by atoms with Crippen LogP contribution in [0.15, 0.2) is 55.1 Å². The average molecular weight is 305 g/mol. The van der Waals surface area contributed by atoms with Crippen molar-refractivity contribution in [2.75, 3.05) is 10.6 Å². The Bertz CT molecular complexity index is 766. The van der Waals surface area contributed by atoms with Crippen LogP contribution in [0.3, 0.4) is 0 Å². The molecule has 0 spiro atoms. The monoisotopic (exact) mass is 305 g/mol. The van der Waals surface area contributed by atoms with Crippen molar-refractivity contribution in [1.29, 1.82) is 0 Å². The molecule has 0 aliphatic heterocycles. The molecule has 2 aromatic heterocycles. The van der Waals surface area contributed by atoms with E-state index in [1.807, 2.05) is 18.2 Å². The number of pyridine rings is 1. The van der Waals surface area contributed by atoms with Gasteiger partial charge in [-0.15, -0.1) is 0 Å². The van der Waals surface area contributed by atoms with Gasteiger partial charge < -0.3 is 10.6 Å².